The Morgan fingerprint density at radius 2 is 1.80 bits per heavy atom. The molecule has 0 saturated carbocycles. The number of carbonyl (C=O) groups excluding carboxylic acids is 1. The predicted molar refractivity (Wildman–Crippen MR) is 74.3 cm³/mol. The molecule has 0 heterocycles. The highest BCUT2D eigenvalue weighted by atomic mass is 35.5. The number of hydrogen-bond acceptors (Lipinski definition) is 3. The lowest BCUT2D eigenvalue weighted by atomic mass is 9.99. The van der Waals surface area contributed by atoms with Crippen molar-refractivity contribution in [3.05, 3.63) is 64.2 Å². The zero-order chi connectivity index (χ0) is 14.7. The van der Waals surface area contributed by atoms with Crippen LogP contribution in [0.2, 0.25) is 5.02 Å². The number of benzene rings is 2. The molecular weight excluding hydrogens is 280 g/mol. The maximum atomic E-state index is 12.3. The molecular formula is C15H11ClO4. The van der Waals surface area contributed by atoms with Gasteiger partial charge in [-0.2, -0.15) is 0 Å². The van der Waals surface area contributed by atoms with Crippen LogP contribution in [-0.4, -0.2) is 22.0 Å². The second kappa shape index (κ2) is 5.75. The SMILES string of the molecule is O=C(O)Cc1cc(C(=O)c2ccccc2Cl)ccc1O. The molecule has 5 heteroatoms. The number of aliphatic carboxylic acids is 1. The van der Waals surface area contributed by atoms with Crippen LogP contribution >= 0.6 is 11.6 Å². The van der Waals surface area contributed by atoms with E-state index in [-0.39, 0.29) is 29.1 Å². The maximum absolute atomic E-state index is 12.3. The van der Waals surface area contributed by atoms with E-state index >= 15 is 0 Å². The van der Waals surface area contributed by atoms with E-state index in [1.807, 2.05) is 0 Å². The van der Waals surface area contributed by atoms with Gasteiger partial charge in [0.1, 0.15) is 5.75 Å². The quantitative estimate of drug-likeness (QED) is 0.849. The minimum absolute atomic E-state index is 0.150. The number of rotatable bonds is 4. The molecule has 0 radical (unpaired) electrons. The molecule has 4 nitrogen and oxygen atoms in total. The first-order valence-electron chi connectivity index (χ1n) is 5.82. The Morgan fingerprint density at radius 3 is 2.45 bits per heavy atom. The van der Waals surface area contributed by atoms with Crippen molar-refractivity contribution < 1.29 is 19.8 Å². The van der Waals surface area contributed by atoms with Gasteiger partial charge in [-0.25, -0.2) is 0 Å². The molecule has 0 unspecified atom stereocenters. The molecule has 0 aliphatic carbocycles. The number of carboxylic acid groups (broad SMARTS) is 1. The molecule has 0 bridgehead atoms. The summed E-state index contributed by atoms with van der Waals surface area (Å²) in [6.07, 6.45) is -0.352. The van der Waals surface area contributed by atoms with Crippen molar-refractivity contribution in [3.63, 3.8) is 0 Å². The molecule has 2 aromatic carbocycles. The summed E-state index contributed by atoms with van der Waals surface area (Å²) in [4.78, 5) is 23.0. The van der Waals surface area contributed by atoms with Crippen LogP contribution in [-0.2, 0) is 11.2 Å². The number of halogens is 1. The lowest BCUT2D eigenvalue weighted by Gasteiger charge is -2.07. The summed E-state index contributed by atoms with van der Waals surface area (Å²) in [6, 6.07) is 10.7. The Bertz CT molecular complexity index is 679. The Labute approximate surface area is 120 Å². The van der Waals surface area contributed by atoms with Crippen LogP contribution in [0.3, 0.4) is 0 Å². The molecule has 0 atom stereocenters. The highest BCUT2D eigenvalue weighted by molar-refractivity contribution is 6.35. The van der Waals surface area contributed by atoms with Gasteiger partial charge < -0.3 is 10.2 Å². The molecule has 0 aliphatic rings. The number of phenols is 1. The van der Waals surface area contributed by atoms with Crippen molar-refractivity contribution in [1.29, 1.82) is 0 Å². The van der Waals surface area contributed by atoms with Crippen LogP contribution in [0.1, 0.15) is 21.5 Å². The summed E-state index contributed by atoms with van der Waals surface area (Å²) in [5.74, 6) is -1.55. The number of phenolic OH excluding ortho intramolecular Hbond substituents is 1. The Hall–Kier alpha value is -2.33. The largest absolute Gasteiger partial charge is 0.508 e. The fourth-order valence-corrected chi connectivity index (χ4v) is 2.05. The molecule has 2 N–H and O–H groups in total. The highest BCUT2D eigenvalue weighted by Crippen LogP contribution is 2.23. The summed E-state index contributed by atoms with van der Waals surface area (Å²) in [7, 11) is 0. The first-order valence-corrected chi connectivity index (χ1v) is 6.19. The molecule has 20 heavy (non-hydrogen) atoms. The zero-order valence-electron chi connectivity index (χ0n) is 10.3. The average Bonchev–Trinajstić information content (AvgIpc) is 2.40. The van der Waals surface area contributed by atoms with Crippen molar-refractivity contribution in [2.24, 2.45) is 0 Å². The third kappa shape index (κ3) is 2.97. The van der Waals surface area contributed by atoms with Gasteiger partial charge in [0, 0.05) is 16.7 Å². The normalized spacial score (nSPS) is 10.2. The van der Waals surface area contributed by atoms with Gasteiger partial charge in [-0.15, -0.1) is 0 Å². The van der Waals surface area contributed by atoms with E-state index in [1.165, 1.54) is 18.2 Å². The van der Waals surface area contributed by atoms with Crippen molar-refractivity contribution in [1.82, 2.24) is 0 Å². The van der Waals surface area contributed by atoms with Gasteiger partial charge in [0.2, 0.25) is 0 Å². The van der Waals surface area contributed by atoms with Gasteiger partial charge in [0.25, 0.3) is 0 Å². The number of aromatic hydroxyl groups is 1. The van der Waals surface area contributed by atoms with Crippen LogP contribution in [0.5, 0.6) is 5.75 Å². The number of carboxylic acids is 1. The Kier molecular flexibility index (Phi) is 4.05. The Balaban J connectivity index is 2.41. The molecule has 0 spiro atoms. The lowest BCUT2D eigenvalue weighted by molar-refractivity contribution is -0.136. The molecule has 2 rings (SSSR count). The van der Waals surface area contributed by atoms with E-state index in [4.69, 9.17) is 16.7 Å². The van der Waals surface area contributed by atoms with Crippen LogP contribution in [0.15, 0.2) is 42.5 Å². The van der Waals surface area contributed by atoms with E-state index < -0.39 is 5.97 Å². The Morgan fingerprint density at radius 1 is 1.10 bits per heavy atom. The molecule has 0 saturated heterocycles. The smallest absolute Gasteiger partial charge is 0.307 e. The minimum Gasteiger partial charge on any atom is -0.508 e. The van der Waals surface area contributed by atoms with E-state index in [9.17, 15) is 14.7 Å². The summed E-state index contributed by atoms with van der Waals surface area (Å²) >= 11 is 5.96. The van der Waals surface area contributed by atoms with Gasteiger partial charge in [0.15, 0.2) is 5.78 Å². The minimum atomic E-state index is -1.08. The van der Waals surface area contributed by atoms with Gasteiger partial charge in [0.05, 0.1) is 11.4 Å². The summed E-state index contributed by atoms with van der Waals surface area (Å²) in [5, 5.41) is 18.7. The highest BCUT2D eigenvalue weighted by Gasteiger charge is 2.15. The summed E-state index contributed by atoms with van der Waals surface area (Å²) in [5.41, 5.74) is 0.809. The van der Waals surface area contributed by atoms with E-state index in [2.05, 4.69) is 0 Å². The second-order valence-electron chi connectivity index (χ2n) is 4.22. The van der Waals surface area contributed by atoms with Crippen LogP contribution in [0.4, 0.5) is 0 Å². The van der Waals surface area contributed by atoms with Crippen molar-refractivity contribution in [2.75, 3.05) is 0 Å². The second-order valence-corrected chi connectivity index (χ2v) is 4.63. The number of hydrogen-bond donors (Lipinski definition) is 2. The van der Waals surface area contributed by atoms with E-state index in [0.29, 0.717) is 10.6 Å². The van der Waals surface area contributed by atoms with Gasteiger partial charge in [-0.05, 0) is 30.3 Å². The molecule has 0 fully saturated rings. The molecule has 0 aromatic heterocycles. The van der Waals surface area contributed by atoms with Crippen molar-refractivity contribution in [3.8, 4) is 5.75 Å². The van der Waals surface area contributed by atoms with Gasteiger partial charge in [-0.3, -0.25) is 9.59 Å². The van der Waals surface area contributed by atoms with Crippen molar-refractivity contribution in [2.45, 2.75) is 6.42 Å². The fourth-order valence-electron chi connectivity index (χ4n) is 1.83. The number of ketones is 1. The molecule has 0 amide bonds. The zero-order valence-corrected chi connectivity index (χ0v) is 11.1. The number of carbonyl (C=O) groups is 2. The van der Waals surface area contributed by atoms with E-state index in [1.54, 1.807) is 24.3 Å². The summed E-state index contributed by atoms with van der Waals surface area (Å²) < 4.78 is 0. The fraction of sp³-hybridized carbons (Fsp3) is 0.0667. The lowest BCUT2D eigenvalue weighted by Crippen LogP contribution is -2.05. The monoisotopic (exact) mass is 290 g/mol. The maximum Gasteiger partial charge on any atom is 0.307 e. The van der Waals surface area contributed by atoms with Gasteiger partial charge in [-0.1, -0.05) is 23.7 Å². The van der Waals surface area contributed by atoms with Crippen LogP contribution < -0.4 is 0 Å². The molecule has 102 valence electrons. The van der Waals surface area contributed by atoms with Crippen LogP contribution in [0.25, 0.3) is 0 Å². The first kappa shape index (κ1) is 14.1. The topological polar surface area (TPSA) is 74.6 Å². The standard InChI is InChI=1S/C15H11ClO4/c16-12-4-2-1-3-11(12)15(20)9-5-6-13(17)10(7-9)8-14(18)19/h1-7,17H,8H2,(H,18,19). The third-order valence-electron chi connectivity index (χ3n) is 2.80. The predicted octanol–water partition coefficient (Wildman–Crippen LogP) is 2.90. The molecule has 2 aromatic rings. The summed E-state index contributed by atoms with van der Waals surface area (Å²) in [6.45, 7) is 0. The van der Waals surface area contributed by atoms with Crippen LogP contribution in [0, 0.1) is 0 Å². The average molecular weight is 291 g/mol. The van der Waals surface area contributed by atoms with E-state index in [0.717, 1.165) is 0 Å². The molecule has 0 aliphatic heterocycles. The third-order valence-corrected chi connectivity index (χ3v) is 3.13. The van der Waals surface area contributed by atoms with Crippen molar-refractivity contribution >= 4 is 23.4 Å². The first-order chi connectivity index (χ1) is 9.49. The van der Waals surface area contributed by atoms with Gasteiger partial charge >= 0.3 is 5.97 Å².